The third-order valence-electron chi connectivity index (χ3n) is 2.84. The Morgan fingerprint density at radius 1 is 1.42 bits per heavy atom. The maximum absolute atomic E-state index is 10.7. The van der Waals surface area contributed by atoms with Crippen LogP contribution in [0.1, 0.15) is 5.69 Å². The molecular weight excluding hydrogens is 312 g/mol. The molecule has 5 nitrogen and oxygen atoms in total. The van der Waals surface area contributed by atoms with Crippen LogP contribution >= 0.6 is 15.9 Å². The highest BCUT2D eigenvalue weighted by Gasteiger charge is 2.18. The Bertz CT molecular complexity index is 760. The van der Waals surface area contributed by atoms with Crippen molar-refractivity contribution in [3.8, 4) is 11.3 Å². The summed E-state index contributed by atoms with van der Waals surface area (Å²) in [6, 6.07) is 7.62. The molecule has 1 aromatic carbocycles. The lowest BCUT2D eigenvalue weighted by molar-refractivity contribution is -0.136. The number of nitrogens with zero attached hydrogens (tertiary/aromatic N) is 1. The van der Waals surface area contributed by atoms with Crippen LogP contribution in [-0.4, -0.2) is 21.3 Å². The Labute approximate surface area is 116 Å². The molecule has 2 N–H and O–H groups in total. The maximum Gasteiger partial charge on any atom is 0.309 e. The van der Waals surface area contributed by atoms with Gasteiger partial charge in [-0.25, -0.2) is 0 Å². The molecule has 0 saturated carbocycles. The smallest absolute Gasteiger partial charge is 0.309 e. The Morgan fingerprint density at radius 2 is 2.21 bits per heavy atom. The molecule has 0 spiro atoms. The standard InChI is InChI=1S/C13H9BrN2O3/c14-12-9(5-11(17)18)15-16-13(12)8-6-19-10-4-2-1-3-7(8)10/h1-4,6H,5H2,(H,15,16)(H,17,18). The van der Waals surface area contributed by atoms with Gasteiger partial charge in [0.25, 0.3) is 0 Å². The largest absolute Gasteiger partial charge is 0.481 e. The highest BCUT2D eigenvalue weighted by atomic mass is 79.9. The van der Waals surface area contributed by atoms with Crippen molar-refractivity contribution in [2.75, 3.05) is 0 Å². The lowest BCUT2D eigenvalue weighted by Crippen LogP contribution is -2.00. The number of fused-ring (bicyclic) bond motifs is 1. The zero-order chi connectivity index (χ0) is 13.4. The number of aromatic nitrogens is 2. The number of carbonyl (C=O) groups is 1. The Hall–Kier alpha value is -2.08. The molecule has 0 bridgehead atoms. The van der Waals surface area contributed by atoms with Crippen molar-refractivity contribution in [2.24, 2.45) is 0 Å². The van der Waals surface area contributed by atoms with Gasteiger partial charge in [-0.2, -0.15) is 5.10 Å². The zero-order valence-corrected chi connectivity index (χ0v) is 11.3. The summed E-state index contributed by atoms with van der Waals surface area (Å²) >= 11 is 3.39. The first-order chi connectivity index (χ1) is 9.16. The molecule has 0 atom stereocenters. The van der Waals surface area contributed by atoms with Crippen LogP contribution in [-0.2, 0) is 11.2 Å². The number of rotatable bonds is 3. The SMILES string of the molecule is O=C(O)Cc1[nH]nc(-c2coc3ccccc23)c1Br. The summed E-state index contributed by atoms with van der Waals surface area (Å²) < 4.78 is 6.11. The maximum atomic E-state index is 10.7. The van der Waals surface area contributed by atoms with Gasteiger partial charge in [0.15, 0.2) is 0 Å². The van der Waals surface area contributed by atoms with Crippen molar-refractivity contribution in [1.29, 1.82) is 0 Å². The fourth-order valence-corrected chi connectivity index (χ4v) is 2.50. The highest BCUT2D eigenvalue weighted by molar-refractivity contribution is 9.10. The zero-order valence-electron chi connectivity index (χ0n) is 9.68. The molecule has 0 aliphatic rings. The quantitative estimate of drug-likeness (QED) is 0.776. The van der Waals surface area contributed by atoms with Crippen molar-refractivity contribution in [3.05, 3.63) is 40.7 Å². The van der Waals surface area contributed by atoms with Crippen LogP contribution in [0.4, 0.5) is 0 Å². The third kappa shape index (κ3) is 2.04. The summed E-state index contributed by atoms with van der Waals surface area (Å²) in [7, 11) is 0. The van der Waals surface area contributed by atoms with Gasteiger partial charge in [0.2, 0.25) is 0 Å². The van der Waals surface area contributed by atoms with Crippen LogP contribution in [0.15, 0.2) is 39.4 Å². The summed E-state index contributed by atoms with van der Waals surface area (Å²) in [5.74, 6) is -0.909. The van der Waals surface area contributed by atoms with E-state index in [4.69, 9.17) is 9.52 Å². The van der Waals surface area contributed by atoms with Crippen molar-refractivity contribution in [1.82, 2.24) is 10.2 Å². The van der Waals surface area contributed by atoms with Gasteiger partial charge in [0.05, 0.1) is 16.6 Å². The lowest BCUT2D eigenvalue weighted by Gasteiger charge is -1.95. The molecule has 0 aliphatic heterocycles. The van der Waals surface area contributed by atoms with E-state index in [1.165, 1.54) is 0 Å². The van der Waals surface area contributed by atoms with Gasteiger partial charge in [-0.1, -0.05) is 18.2 Å². The molecule has 0 fully saturated rings. The molecule has 0 aliphatic carbocycles. The van der Waals surface area contributed by atoms with E-state index in [2.05, 4.69) is 26.1 Å². The summed E-state index contributed by atoms with van der Waals surface area (Å²) in [6.07, 6.45) is 1.51. The number of furan rings is 1. The molecule has 0 saturated heterocycles. The van der Waals surface area contributed by atoms with E-state index >= 15 is 0 Å². The third-order valence-corrected chi connectivity index (χ3v) is 3.69. The minimum Gasteiger partial charge on any atom is -0.481 e. The summed E-state index contributed by atoms with van der Waals surface area (Å²) in [4.78, 5) is 10.7. The number of carboxylic acid groups (broad SMARTS) is 1. The predicted octanol–water partition coefficient (Wildman–Crippen LogP) is 3.21. The predicted molar refractivity (Wildman–Crippen MR) is 72.8 cm³/mol. The van der Waals surface area contributed by atoms with Crippen molar-refractivity contribution in [3.63, 3.8) is 0 Å². The van der Waals surface area contributed by atoms with Crippen molar-refractivity contribution < 1.29 is 14.3 Å². The van der Waals surface area contributed by atoms with Crippen molar-refractivity contribution >= 4 is 32.9 Å². The minimum absolute atomic E-state index is 0.108. The van der Waals surface area contributed by atoms with Crippen LogP contribution < -0.4 is 0 Å². The molecule has 2 heterocycles. The van der Waals surface area contributed by atoms with E-state index in [-0.39, 0.29) is 6.42 Å². The second kappa shape index (κ2) is 4.55. The first kappa shape index (κ1) is 12.0. The van der Waals surface area contributed by atoms with Crippen molar-refractivity contribution in [2.45, 2.75) is 6.42 Å². The molecule has 3 aromatic rings. The Kier molecular flexibility index (Phi) is 2.87. The number of aromatic amines is 1. The van der Waals surface area contributed by atoms with E-state index in [9.17, 15) is 4.79 Å². The second-order valence-electron chi connectivity index (χ2n) is 4.08. The van der Waals surface area contributed by atoms with Crippen LogP contribution in [0.25, 0.3) is 22.2 Å². The summed E-state index contributed by atoms with van der Waals surface area (Å²) in [6.45, 7) is 0. The average Bonchev–Trinajstić information content (AvgIpc) is 2.94. The number of halogens is 1. The van der Waals surface area contributed by atoms with E-state index < -0.39 is 5.97 Å². The molecular formula is C13H9BrN2O3. The molecule has 2 aromatic heterocycles. The van der Waals surface area contributed by atoms with Gasteiger partial charge in [0, 0.05) is 10.9 Å². The molecule has 6 heteroatoms. The number of benzene rings is 1. The van der Waals surface area contributed by atoms with Crippen LogP contribution in [0.5, 0.6) is 0 Å². The van der Waals surface area contributed by atoms with Crippen LogP contribution in [0, 0.1) is 0 Å². The average molecular weight is 321 g/mol. The van der Waals surface area contributed by atoms with E-state index in [0.717, 1.165) is 16.5 Å². The van der Waals surface area contributed by atoms with Gasteiger partial charge < -0.3 is 9.52 Å². The molecule has 0 unspecified atom stereocenters. The van der Waals surface area contributed by atoms with E-state index in [1.54, 1.807) is 6.26 Å². The number of hydrogen-bond acceptors (Lipinski definition) is 3. The summed E-state index contributed by atoms with van der Waals surface area (Å²) in [5, 5.41) is 16.7. The Morgan fingerprint density at radius 3 is 3.00 bits per heavy atom. The van der Waals surface area contributed by atoms with Crippen LogP contribution in [0.2, 0.25) is 0 Å². The van der Waals surface area contributed by atoms with E-state index in [0.29, 0.717) is 15.9 Å². The number of hydrogen-bond donors (Lipinski definition) is 2. The van der Waals surface area contributed by atoms with Gasteiger partial charge in [-0.05, 0) is 22.0 Å². The number of H-pyrrole nitrogens is 1. The molecule has 19 heavy (non-hydrogen) atoms. The minimum atomic E-state index is -0.909. The molecule has 96 valence electrons. The highest BCUT2D eigenvalue weighted by Crippen LogP contribution is 2.35. The van der Waals surface area contributed by atoms with Crippen LogP contribution in [0.3, 0.4) is 0 Å². The van der Waals surface area contributed by atoms with Gasteiger partial charge >= 0.3 is 5.97 Å². The second-order valence-corrected chi connectivity index (χ2v) is 4.87. The fraction of sp³-hybridized carbons (Fsp3) is 0.0769. The van der Waals surface area contributed by atoms with Gasteiger partial charge in [-0.15, -0.1) is 0 Å². The molecule has 0 radical (unpaired) electrons. The lowest BCUT2D eigenvalue weighted by atomic mass is 10.1. The van der Waals surface area contributed by atoms with Gasteiger partial charge in [0.1, 0.15) is 17.5 Å². The first-order valence-electron chi connectivity index (χ1n) is 5.58. The number of carboxylic acids is 1. The molecule has 0 amide bonds. The number of para-hydroxylation sites is 1. The topological polar surface area (TPSA) is 79.1 Å². The number of nitrogens with one attached hydrogen (secondary N) is 1. The number of aliphatic carboxylic acids is 1. The first-order valence-corrected chi connectivity index (χ1v) is 6.37. The monoisotopic (exact) mass is 320 g/mol. The summed E-state index contributed by atoms with van der Waals surface area (Å²) in [5.41, 5.74) is 2.79. The van der Waals surface area contributed by atoms with E-state index in [1.807, 2.05) is 24.3 Å². The van der Waals surface area contributed by atoms with Gasteiger partial charge in [-0.3, -0.25) is 9.89 Å². The molecule has 3 rings (SSSR count). The normalized spacial score (nSPS) is 11.0. The fourth-order valence-electron chi connectivity index (χ4n) is 1.97. The Balaban J connectivity index is 2.12.